The molecule has 1 aromatic rings. The smallest absolute Gasteiger partial charge is 0.231 e. The van der Waals surface area contributed by atoms with E-state index in [-0.39, 0.29) is 18.0 Å². The molecule has 0 unspecified atom stereocenters. The van der Waals surface area contributed by atoms with Crippen molar-refractivity contribution < 1.29 is 13.9 Å². The molecule has 3 rings (SSSR count). The van der Waals surface area contributed by atoms with Crippen LogP contribution in [0.25, 0.3) is 0 Å². The van der Waals surface area contributed by atoms with E-state index in [1.807, 2.05) is 0 Å². The Morgan fingerprint density at radius 3 is 2.68 bits per heavy atom. The Kier molecular flexibility index (Phi) is 3.43. The predicted molar refractivity (Wildman–Crippen MR) is 74.0 cm³/mol. The number of hydrogen-bond acceptors (Lipinski definition) is 3. The summed E-state index contributed by atoms with van der Waals surface area (Å²) in [5.41, 5.74) is 6.38. The summed E-state index contributed by atoms with van der Waals surface area (Å²) >= 11 is 3.49. The molecule has 5 heteroatoms. The van der Waals surface area contributed by atoms with Crippen molar-refractivity contribution in [3.63, 3.8) is 0 Å². The standard InChI is InChI=1S/C14H17BrFNO2/c15-12-11(14(7-17)4-2-1-3-5-14)9(16)6-10-13(12)19-8-18-10/h6H,1-5,7-8,17H2. The zero-order chi connectivity index (χ0) is 13.5. The average Bonchev–Trinajstić information content (AvgIpc) is 2.88. The normalized spacial score (nSPS) is 20.6. The van der Waals surface area contributed by atoms with Gasteiger partial charge in [-0.2, -0.15) is 0 Å². The topological polar surface area (TPSA) is 44.5 Å². The molecule has 1 saturated carbocycles. The maximum absolute atomic E-state index is 14.5. The van der Waals surface area contributed by atoms with E-state index in [1.165, 1.54) is 12.5 Å². The highest BCUT2D eigenvalue weighted by Gasteiger charge is 2.39. The molecule has 0 radical (unpaired) electrons. The van der Waals surface area contributed by atoms with E-state index in [4.69, 9.17) is 15.2 Å². The summed E-state index contributed by atoms with van der Waals surface area (Å²) in [6.07, 6.45) is 5.25. The summed E-state index contributed by atoms with van der Waals surface area (Å²) in [4.78, 5) is 0. The van der Waals surface area contributed by atoms with E-state index in [9.17, 15) is 4.39 Å². The predicted octanol–water partition coefficient (Wildman–Crippen LogP) is 3.48. The van der Waals surface area contributed by atoms with Gasteiger partial charge in [-0.15, -0.1) is 0 Å². The van der Waals surface area contributed by atoms with Crippen LogP contribution in [0.3, 0.4) is 0 Å². The van der Waals surface area contributed by atoms with Crippen molar-refractivity contribution in [1.29, 1.82) is 0 Å². The van der Waals surface area contributed by atoms with Gasteiger partial charge in [0, 0.05) is 23.6 Å². The first-order valence-electron chi connectivity index (χ1n) is 6.66. The highest BCUT2D eigenvalue weighted by Crippen LogP contribution is 2.49. The van der Waals surface area contributed by atoms with Crippen LogP contribution in [0.1, 0.15) is 37.7 Å². The van der Waals surface area contributed by atoms with E-state index in [2.05, 4.69) is 15.9 Å². The number of rotatable bonds is 2. The van der Waals surface area contributed by atoms with E-state index in [1.54, 1.807) is 0 Å². The van der Waals surface area contributed by atoms with Gasteiger partial charge < -0.3 is 15.2 Å². The minimum absolute atomic E-state index is 0.145. The SMILES string of the molecule is NCC1(c2c(F)cc3c(c2Br)OCO3)CCCCC1. The number of nitrogens with two attached hydrogens (primary N) is 1. The van der Waals surface area contributed by atoms with Crippen LogP contribution in [0.4, 0.5) is 4.39 Å². The van der Waals surface area contributed by atoms with E-state index < -0.39 is 0 Å². The zero-order valence-corrected chi connectivity index (χ0v) is 12.3. The Hall–Kier alpha value is -0.810. The van der Waals surface area contributed by atoms with Crippen molar-refractivity contribution >= 4 is 15.9 Å². The lowest BCUT2D eigenvalue weighted by molar-refractivity contribution is 0.173. The van der Waals surface area contributed by atoms with Gasteiger partial charge in [0.1, 0.15) is 5.82 Å². The molecule has 2 aliphatic rings. The Morgan fingerprint density at radius 2 is 2.00 bits per heavy atom. The molecule has 1 aliphatic heterocycles. The van der Waals surface area contributed by atoms with Crippen molar-refractivity contribution in [3.8, 4) is 11.5 Å². The van der Waals surface area contributed by atoms with Crippen LogP contribution in [0, 0.1) is 5.82 Å². The summed E-state index contributed by atoms with van der Waals surface area (Å²) < 4.78 is 25.8. The van der Waals surface area contributed by atoms with Gasteiger partial charge in [0.2, 0.25) is 6.79 Å². The highest BCUT2D eigenvalue weighted by molar-refractivity contribution is 9.10. The number of halogens is 2. The Bertz CT molecular complexity index is 501. The van der Waals surface area contributed by atoms with Gasteiger partial charge in [-0.25, -0.2) is 4.39 Å². The molecule has 19 heavy (non-hydrogen) atoms. The van der Waals surface area contributed by atoms with E-state index in [0.717, 1.165) is 25.7 Å². The molecule has 104 valence electrons. The Morgan fingerprint density at radius 1 is 1.26 bits per heavy atom. The molecular formula is C14H17BrFNO2. The monoisotopic (exact) mass is 329 g/mol. The van der Waals surface area contributed by atoms with Gasteiger partial charge in [0.15, 0.2) is 11.5 Å². The number of fused-ring (bicyclic) bond motifs is 1. The fraction of sp³-hybridized carbons (Fsp3) is 0.571. The lowest BCUT2D eigenvalue weighted by atomic mass is 9.69. The Labute approximate surface area is 120 Å². The van der Waals surface area contributed by atoms with Gasteiger partial charge in [-0.3, -0.25) is 0 Å². The van der Waals surface area contributed by atoms with Gasteiger partial charge in [0.05, 0.1) is 4.47 Å². The molecular weight excluding hydrogens is 313 g/mol. The molecule has 0 atom stereocenters. The quantitative estimate of drug-likeness (QED) is 0.903. The molecule has 2 N–H and O–H groups in total. The molecule has 3 nitrogen and oxygen atoms in total. The highest BCUT2D eigenvalue weighted by atomic mass is 79.9. The van der Waals surface area contributed by atoms with Crippen LogP contribution < -0.4 is 15.2 Å². The van der Waals surface area contributed by atoms with Crippen LogP contribution in [0.2, 0.25) is 0 Å². The number of ether oxygens (including phenoxy) is 2. The van der Waals surface area contributed by atoms with Crippen LogP contribution in [0.15, 0.2) is 10.5 Å². The molecule has 1 aliphatic carbocycles. The Balaban J connectivity index is 2.13. The van der Waals surface area contributed by atoms with Crippen molar-refractivity contribution in [2.24, 2.45) is 5.73 Å². The maximum atomic E-state index is 14.5. The first-order valence-corrected chi connectivity index (χ1v) is 7.45. The fourth-order valence-electron chi connectivity index (χ4n) is 3.24. The van der Waals surface area contributed by atoms with E-state index in [0.29, 0.717) is 28.1 Å². The minimum Gasteiger partial charge on any atom is -0.453 e. The second-order valence-electron chi connectivity index (χ2n) is 5.33. The van der Waals surface area contributed by atoms with Crippen molar-refractivity contribution in [2.45, 2.75) is 37.5 Å². The lowest BCUT2D eigenvalue weighted by Gasteiger charge is -2.37. The molecule has 1 aromatic carbocycles. The summed E-state index contributed by atoms with van der Waals surface area (Å²) in [6, 6.07) is 1.43. The van der Waals surface area contributed by atoms with Gasteiger partial charge in [-0.1, -0.05) is 19.3 Å². The van der Waals surface area contributed by atoms with Crippen LogP contribution in [-0.4, -0.2) is 13.3 Å². The molecule has 0 bridgehead atoms. The summed E-state index contributed by atoms with van der Waals surface area (Å²) in [6.45, 7) is 0.606. The second-order valence-corrected chi connectivity index (χ2v) is 6.12. The summed E-state index contributed by atoms with van der Waals surface area (Å²) in [7, 11) is 0. The first kappa shape index (κ1) is 13.2. The molecule has 1 heterocycles. The van der Waals surface area contributed by atoms with Gasteiger partial charge in [-0.05, 0) is 28.8 Å². The van der Waals surface area contributed by atoms with Gasteiger partial charge in [0.25, 0.3) is 0 Å². The third-order valence-corrected chi connectivity index (χ3v) is 5.05. The van der Waals surface area contributed by atoms with Crippen LogP contribution in [-0.2, 0) is 5.41 Å². The molecule has 1 fully saturated rings. The maximum Gasteiger partial charge on any atom is 0.231 e. The molecule has 0 saturated heterocycles. The molecule has 0 spiro atoms. The lowest BCUT2D eigenvalue weighted by Crippen LogP contribution is -2.38. The van der Waals surface area contributed by atoms with Crippen molar-refractivity contribution in [1.82, 2.24) is 0 Å². The van der Waals surface area contributed by atoms with Crippen LogP contribution in [0.5, 0.6) is 11.5 Å². The first-order chi connectivity index (χ1) is 9.18. The third-order valence-electron chi connectivity index (χ3n) is 4.29. The minimum atomic E-state index is -0.276. The summed E-state index contributed by atoms with van der Waals surface area (Å²) in [5, 5.41) is 0. The molecule has 0 aromatic heterocycles. The van der Waals surface area contributed by atoms with Gasteiger partial charge >= 0.3 is 0 Å². The zero-order valence-electron chi connectivity index (χ0n) is 10.7. The number of benzene rings is 1. The summed E-state index contributed by atoms with van der Waals surface area (Å²) in [5.74, 6) is 0.828. The average molecular weight is 330 g/mol. The van der Waals surface area contributed by atoms with Crippen molar-refractivity contribution in [2.75, 3.05) is 13.3 Å². The van der Waals surface area contributed by atoms with Crippen molar-refractivity contribution in [3.05, 3.63) is 21.9 Å². The molecule has 0 amide bonds. The largest absolute Gasteiger partial charge is 0.453 e. The third kappa shape index (κ3) is 2.03. The second kappa shape index (κ2) is 4.94. The van der Waals surface area contributed by atoms with E-state index >= 15 is 0 Å². The number of hydrogen-bond donors (Lipinski definition) is 1. The fourth-order valence-corrected chi connectivity index (χ4v) is 4.16. The van der Waals surface area contributed by atoms with Crippen LogP contribution >= 0.6 is 15.9 Å².